The van der Waals surface area contributed by atoms with Gasteiger partial charge in [0.25, 0.3) is 0 Å². The van der Waals surface area contributed by atoms with Gasteiger partial charge in [0.15, 0.2) is 5.78 Å². The first kappa shape index (κ1) is 8.70. The van der Waals surface area contributed by atoms with E-state index in [4.69, 9.17) is 0 Å². The number of hydrogen-bond donors (Lipinski definition) is 0. The summed E-state index contributed by atoms with van der Waals surface area (Å²) < 4.78 is 0. The zero-order valence-electron chi connectivity index (χ0n) is 7.45. The molecular formula is C11H12OS. The molecule has 0 saturated carbocycles. The zero-order valence-corrected chi connectivity index (χ0v) is 8.27. The van der Waals surface area contributed by atoms with Crippen molar-refractivity contribution in [1.82, 2.24) is 0 Å². The molecule has 1 aliphatic carbocycles. The van der Waals surface area contributed by atoms with Crippen LogP contribution in [0.2, 0.25) is 0 Å². The Morgan fingerprint density at radius 2 is 2.46 bits per heavy atom. The summed E-state index contributed by atoms with van der Waals surface area (Å²) in [5, 5.41) is 4.07. The molecule has 0 aliphatic heterocycles. The maximum Gasteiger partial charge on any atom is 0.162 e. The van der Waals surface area contributed by atoms with Crippen LogP contribution in [0.25, 0.3) is 0 Å². The summed E-state index contributed by atoms with van der Waals surface area (Å²) in [4.78, 5) is 11.6. The summed E-state index contributed by atoms with van der Waals surface area (Å²) >= 11 is 1.65. The highest BCUT2D eigenvalue weighted by Gasteiger charge is 2.13. The molecule has 0 bridgehead atoms. The van der Waals surface area contributed by atoms with E-state index in [1.165, 1.54) is 0 Å². The lowest BCUT2D eigenvalue weighted by Gasteiger charge is -1.98. The second-order valence-electron chi connectivity index (χ2n) is 3.35. The number of hydrogen-bond acceptors (Lipinski definition) is 2. The van der Waals surface area contributed by atoms with Crippen LogP contribution >= 0.6 is 11.3 Å². The molecule has 0 spiro atoms. The fraction of sp³-hybridized carbons (Fsp3) is 0.364. The van der Waals surface area contributed by atoms with E-state index < -0.39 is 0 Å². The quantitative estimate of drug-likeness (QED) is 0.719. The second-order valence-corrected chi connectivity index (χ2v) is 4.13. The van der Waals surface area contributed by atoms with Crippen LogP contribution in [-0.4, -0.2) is 5.78 Å². The van der Waals surface area contributed by atoms with Crippen LogP contribution in [0.15, 0.2) is 28.5 Å². The SMILES string of the molecule is O=C(Cc1ccsc1)C1=CCCC1. The van der Waals surface area contributed by atoms with Gasteiger partial charge in [0.2, 0.25) is 0 Å². The molecule has 2 heteroatoms. The molecule has 0 unspecified atom stereocenters. The van der Waals surface area contributed by atoms with Crippen LogP contribution in [0.3, 0.4) is 0 Å². The Kier molecular flexibility index (Phi) is 2.60. The Morgan fingerprint density at radius 1 is 1.54 bits per heavy atom. The maximum absolute atomic E-state index is 11.6. The molecule has 0 atom stereocenters. The lowest BCUT2D eigenvalue weighted by molar-refractivity contribution is -0.115. The van der Waals surface area contributed by atoms with E-state index in [-0.39, 0.29) is 0 Å². The summed E-state index contributed by atoms with van der Waals surface area (Å²) in [6, 6.07) is 2.03. The molecule has 13 heavy (non-hydrogen) atoms. The molecule has 68 valence electrons. The standard InChI is InChI=1S/C11H12OS/c12-11(10-3-1-2-4-10)7-9-5-6-13-8-9/h3,5-6,8H,1-2,4,7H2. The van der Waals surface area contributed by atoms with Gasteiger partial charge in [-0.05, 0) is 47.2 Å². The Labute approximate surface area is 82.1 Å². The molecule has 0 aromatic carbocycles. The lowest BCUT2D eigenvalue weighted by atomic mass is 10.1. The van der Waals surface area contributed by atoms with Gasteiger partial charge < -0.3 is 0 Å². The lowest BCUT2D eigenvalue weighted by Crippen LogP contribution is -2.03. The van der Waals surface area contributed by atoms with E-state index >= 15 is 0 Å². The van der Waals surface area contributed by atoms with Crippen molar-refractivity contribution in [2.45, 2.75) is 25.7 Å². The molecule has 0 saturated heterocycles. The van der Waals surface area contributed by atoms with Crippen molar-refractivity contribution in [3.8, 4) is 0 Å². The number of Topliss-reactive ketones (excluding diaryl/α,β-unsaturated/α-hetero) is 1. The van der Waals surface area contributed by atoms with E-state index in [1.807, 2.05) is 16.8 Å². The summed E-state index contributed by atoms with van der Waals surface area (Å²) in [6.07, 6.45) is 5.92. The van der Waals surface area contributed by atoms with E-state index in [9.17, 15) is 4.79 Å². The van der Waals surface area contributed by atoms with Crippen molar-refractivity contribution >= 4 is 17.1 Å². The van der Waals surface area contributed by atoms with E-state index in [0.29, 0.717) is 12.2 Å². The molecule has 1 nitrogen and oxygen atoms in total. The molecular weight excluding hydrogens is 180 g/mol. The van der Waals surface area contributed by atoms with Crippen LogP contribution in [0.5, 0.6) is 0 Å². The average Bonchev–Trinajstić information content (AvgIpc) is 2.74. The first-order valence-corrected chi connectivity index (χ1v) is 5.54. The highest BCUT2D eigenvalue weighted by molar-refractivity contribution is 7.08. The van der Waals surface area contributed by atoms with Crippen LogP contribution < -0.4 is 0 Å². The van der Waals surface area contributed by atoms with Gasteiger partial charge >= 0.3 is 0 Å². The van der Waals surface area contributed by atoms with Gasteiger partial charge in [-0.15, -0.1) is 0 Å². The minimum Gasteiger partial charge on any atom is -0.294 e. The predicted molar refractivity (Wildman–Crippen MR) is 55.0 cm³/mol. The molecule has 0 amide bonds. The average molecular weight is 192 g/mol. The van der Waals surface area contributed by atoms with Crippen molar-refractivity contribution in [3.63, 3.8) is 0 Å². The Hall–Kier alpha value is -0.890. The van der Waals surface area contributed by atoms with E-state index in [0.717, 1.165) is 30.4 Å². The van der Waals surface area contributed by atoms with Crippen molar-refractivity contribution in [2.75, 3.05) is 0 Å². The minimum absolute atomic E-state index is 0.316. The first-order valence-electron chi connectivity index (χ1n) is 4.59. The fourth-order valence-corrected chi connectivity index (χ4v) is 2.28. The van der Waals surface area contributed by atoms with Crippen molar-refractivity contribution in [3.05, 3.63) is 34.0 Å². The summed E-state index contributed by atoms with van der Waals surface area (Å²) in [6.45, 7) is 0. The maximum atomic E-state index is 11.6. The molecule has 0 N–H and O–H groups in total. The van der Waals surface area contributed by atoms with Crippen molar-refractivity contribution in [1.29, 1.82) is 0 Å². The number of rotatable bonds is 3. The number of ketones is 1. The van der Waals surface area contributed by atoms with Crippen molar-refractivity contribution < 1.29 is 4.79 Å². The largest absolute Gasteiger partial charge is 0.294 e. The number of carbonyl (C=O) groups excluding carboxylic acids is 1. The third-order valence-corrected chi connectivity index (χ3v) is 3.08. The van der Waals surface area contributed by atoms with Gasteiger partial charge in [-0.25, -0.2) is 0 Å². The molecule has 0 radical (unpaired) electrons. The topological polar surface area (TPSA) is 17.1 Å². The smallest absolute Gasteiger partial charge is 0.162 e. The van der Waals surface area contributed by atoms with E-state index in [2.05, 4.69) is 6.08 Å². The molecule has 1 aromatic heterocycles. The highest BCUT2D eigenvalue weighted by Crippen LogP contribution is 2.20. The normalized spacial score (nSPS) is 15.8. The number of carbonyl (C=O) groups is 1. The predicted octanol–water partition coefficient (Wildman–Crippen LogP) is 2.97. The van der Waals surface area contributed by atoms with Gasteiger partial charge in [-0.2, -0.15) is 11.3 Å². The molecule has 0 fully saturated rings. The monoisotopic (exact) mass is 192 g/mol. The second kappa shape index (κ2) is 3.88. The van der Waals surface area contributed by atoms with Gasteiger partial charge in [-0.1, -0.05) is 6.08 Å². The summed E-state index contributed by atoms with van der Waals surface area (Å²) in [5.41, 5.74) is 2.20. The summed E-state index contributed by atoms with van der Waals surface area (Å²) in [7, 11) is 0. The van der Waals surface area contributed by atoms with Crippen LogP contribution in [0, 0.1) is 0 Å². The molecule has 1 heterocycles. The minimum atomic E-state index is 0.316. The van der Waals surface area contributed by atoms with Crippen LogP contribution in [0.1, 0.15) is 24.8 Å². The number of thiophene rings is 1. The van der Waals surface area contributed by atoms with Crippen molar-refractivity contribution in [2.24, 2.45) is 0 Å². The molecule has 1 aliphatic rings. The Bertz CT molecular complexity index is 322. The molecule has 1 aromatic rings. The van der Waals surface area contributed by atoms with Gasteiger partial charge in [0, 0.05) is 6.42 Å². The number of allylic oxidation sites excluding steroid dienone is 2. The summed E-state index contributed by atoms with van der Waals surface area (Å²) in [5.74, 6) is 0.316. The highest BCUT2D eigenvalue weighted by atomic mass is 32.1. The zero-order chi connectivity index (χ0) is 9.10. The third kappa shape index (κ3) is 2.07. The van der Waals surface area contributed by atoms with Gasteiger partial charge in [0.05, 0.1) is 0 Å². The van der Waals surface area contributed by atoms with Gasteiger partial charge in [-0.3, -0.25) is 4.79 Å². The third-order valence-electron chi connectivity index (χ3n) is 2.34. The van der Waals surface area contributed by atoms with E-state index in [1.54, 1.807) is 11.3 Å². The van der Waals surface area contributed by atoms with Crippen LogP contribution in [0.4, 0.5) is 0 Å². The first-order chi connectivity index (χ1) is 6.36. The van der Waals surface area contributed by atoms with Crippen LogP contribution in [-0.2, 0) is 11.2 Å². The van der Waals surface area contributed by atoms with Gasteiger partial charge in [0.1, 0.15) is 0 Å². The molecule has 2 rings (SSSR count). The Morgan fingerprint density at radius 3 is 3.08 bits per heavy atom. The fourth-order valence-electron chi connectivity index (χ4n) is 1.62. The Balaban J connectivity index is 1.99.